The van der Waals surface area contributed by atoms with Crippen molar-refractivity contribution in [2.45, 2.75) is 66.5 Å². The van der Waals surface area contributed by atoms with Gasteiger partial charge in [0.15, 0.2) is 0 Å². The van der Waals surface area contributed by atoms with E-state index in [9.17, 15) is 9.90 Å². The summed E-state index contributed by atoms with van der Waals surface area (Å²) >= 11 is 0. The zero-order valence-electron chi connectivity index (χ0n) is 18.9. The van der Waals surface area contributed by atoms with Crippen molar-refractivity contribution in [2.75, 3.05) is 0 Å². The van der Waals surface area contributed by atoms with Crippen LogP contribution in [0.4, 0.5) is 0 Å². The number of benzene rings is 1. The fourth-order valence-corrected chi connectivity index (χ4v) is 4.69. The molecular weight excluding hydrogens is 388 g/mol. The highest BCUT2D eigenvalue weighted by molar-refractivity contribution is 5.79. The van der Waals surface area contributed by atoms with Crippen LogP contribution in [0, 0.1) is 19.8 Å². The molecule has 6 heteroatoms. The number of nitrogens with zero attached hydrogens (tertiary/aromatic N) is 3. The van der Waals surface area contributed by atoms with Crippen LogP contribution in [0.15, 0.2) is 29.1 Å². The highest BCUT2D eigenvalue weighted by atomic mass is 16.3. The monoisotopic (exact) mass is 420 g/mol. The number of fused-ring (bicyclic) bond motifs is 1. The van der Waals surface area contributed by atoms with Crippen LogP contribution in [0.1, 0.15) is 54.9 Å². The molecule has 6 nitrogen and oxygen atoms in total. The molecule has 0 radical (unpaired) electrons. The van der Waals surface area contributed by atoms with E-state index in [0.717, 1.165) is 52.9 Å². The van der Waals surface area contributed by atoms with E-state index in [4.69, 9.17) is 10.7 Å². The van der Waals surface area contributed by atoms with Crippen molar-refractivity contribution in [2.24, 2.45) is 11.7 Å². The minimum absolute atomic E-state index is 0.0301. The predicted octanol–water partition coefficient (Wildman–Crippen LogP) is 4.02. The van der Waals surface area contributed by atoms with Crippen molar-refractivity contribution in [3.8, 4) is 22.7 Å². The Kier molecular flexibility index (Phi) is 5.75. The number of pyridine rings is 1. The highest BCUT2D eigenvalue weighted by Gasteiger charge is 2.28. The van der Waals surface area contributed by atoms with Gasteiger partial charge in [-0.1, -0.05) is 43.7 Å². The highest BCUT2D eigenvalue weighted by Crippen LogP contribution is 2.37. The first-order chi connectivity index (χ1) is 14.8. The van der Waals surface area contributed by atoms with Crippen molar-refractivity contribution >= 4 is 0 Å². The molecule has 0 amide bonds. The van der Waals surface area contributed by atoms with E-state index in [1.165, 1.54) is 4.57 Å². The van der Waals surface area contributed by atoms with E-state index in [2.05, 4.69) is 45.0 Å². The number of aryl methyl sites for hydroxylation is 2. The lowest BCUT2D eigenvalue weighted by atomic mass is 9.92. The molecule has 3 N–H and O–H groups in total. The van der Waals surface area contributed by atoms with Crippen molar-refractivity contribution in [3.05, 3.63) is 63.0 Å². The first-order valence-electron chi connectivity index (χ1n) is 11.2. The third kappa shape index (κ3) is 3.69. The van der Waals surface area contributed by atoms with Gasteiger partial charge in [-0.15, -0.1) is 0 Å². The summed E-state index contributed by atoms with van der Waals surface area (Å²) in [6.07, 6.45) is 3.43. The maximum atomic E-state index is 13.4. The minimum Gasteiger partial charge on any atom is -0.493 e. The number of hydrogen-bond donors (Lipinski definition) is 2. The molecule has 0 saturated carbocycles. The van der Waals surface area contributed by atoms with E-state index >= 15 is 0 Å². The molecule has 31 heavy (non-hydrogen) atoms. The molecule has 0 aliphatic carbocycles. The fourth-order valence-electron chi connectivity index (χ4n) is 4.69. The molecule has 4 rings (SSSR count). The van der Waals surface area contributed by atoms with Gasteiger partial charge in [0.2, 0.25) is 5.88 Å². The molecule has 0 fully saturated rings. The zero-order valence-corrected chi connectivity index (χ0v) is 18.9. The Hall–Kier alpha value is -2.86. The molecular formula is C25H32N4O2. The summed E-state index contributed by atoms with van der Waals surface area (Å²) in [6.45, 7) is 9.24. The molecule has 2 aromatic heterocycles. The molecule has 0 spiro atoms. The van der Waals surface area contributed by atoms with Gasteiger partial charge in [-0.05, 0) is 56.6 Å². The molecule has 1 aliphatic heterocycles. The number of rotatable bonds is 5. The summed E-state index contributed by atoms with van der Waals surface area (Å²) in [5.74, 6) is 0.453. The first-order valence-corrected chi connectivity index (χ1v) is 11.2. The van der Waals surface area contributed by atoms with Crippen molar-refractivity contribution in [3.63, 3.8) is 0 Å². The summed E-state index contributed by atoms with van der Waals surface area (Å²) in [4.78, 5) is 18.3. The molecule has 1 aliphatic rings. The first kappa shape index (κ1) is 21.4. The van der Waals surface area contributed by atoms with E-state index in [-0.39, 0.29) is 11.6 Å². The topological polar surface area (TPSA) is 86.1 Å². The van der Waals surface area contributed by atoms with E-state index in [1.807, 2.05) is 6.92 Å². The van der Waals surface area contributed by atoms with Gasteiger partial charge in [-0.3, -0.25) is 9.55 Å². The van der Waals surface area contributed by atoms with Gasteiger partial charge in [0.1, 0.15) is 0 Å². The molecule has 1 aromatic carbocycles. The van der Waals surface area contributed by atoms with Crippen LogP contribution in [0.5, 0.6) is 5.88 Å². The maximum Gasteiger partial charge on any atom is 0.336 e. The molecule has 0 atom stereocenters. The number of hydrogen-bond acceptors (Lipinski definition) is 4. The van der Waals surface area contributed by atoms with Gasteiger partial charge in [0.25, 0.3) is 0 Å². The Labute approximate surface area is 183 Å². The SMILES string of the molecule is Cc1ccc(-c2c(CN)c(CC(C)C)nc(C)c2-n2c(O)c3n(c2=O)CCCC3)cc1. The molecule has 0 unspecified atom stereocenters. The summed E-state index contributed by atoms with van der Waals surface area (Å²) in [6, 6.07) is 8.24. The van der Waals surface area contributed by atoms with E-state index in [1.54, 1.807) is 4.57 Å². The Bertz CT molecular complexity index is 1170. The van der Waals surface area contributed by atoms with Crippen molar-refractivity contribution in [1.82, 2.24) is 14.1 Å². The second-order valence-corrected chi connectivity index (χ2v) is 9.01. The molecule has 0 bridgehead atoms. The smallest absolute Gasteiger partial charge is 0.336 e. The van der Waals surface area contributed by atoms with Gasteiger partial charge in [-0.25, -0.2) is 9.36 Å². The van der Waals surface area contributed by atoms with Crippen LogP contribution in [0.25, 0.3) is 16.8 Å². The Morgan fingerprint density at radius 3 is 2.48 bits per heavy atom. The summed E-state index contributed by atoms with van der Waals surface area (Å²) in [5, 5.41) is 11.1. The second kappa shape index (κ2) is 8.35. The summed E-state index contributed by atoms with van der Waals surface area (Å²) in [5.41, 5.74) is 13.1. The fraction of sp³-hybridized carbons (Fsp3) is 0.440. The lowest BCUT2D eigenvalue weighted by molar-refractivity contribution is 0.425. The number of nitrogens with two attached hydrogens (primary N) is 1. The molecule has 3 aromatic rings. The number of aromatic nitrogens is 3. The van der Waals surface area contributed by atoms with E-state index < -0.39 is 0 Å². The molecule has 3 heterocycles. The third-order valence-electron chi connectivity index (χ3n) is 6.17. The normalized spacial score (nSPS) is 13.6. The largest absolute Gasteiger partial charge is 0.493 e. The van der Waals surface area contributed by atoms with Crippen molar-refractivity contribution in [1.29, 1.82) is 0 Å². The van der Waals surface area contributed by atoms with Crippen LogP contribution in [0.3, 0.4) is 0 Å². The van der Waals surface area contributed by atoms with Crippen LogP contribution in [-0.4, -0.2) is 19.2 Å². The zero-order chi connectivity index (χ0) is 22.3. The van der Waals surface area contributed by atoms with Crippen molar-refractivity contribution < 1.29 is 5.11 Å². The Morgan fingerprint density at radius 1 is 1.16 bits per heavy atom. The lowest BCUT2D eigenvalue weighted by Crippen LogP contribution is -2.27. The second-order valence-electron chi connectivity index (χ2n) is 9.01. The van der Waals surface area contributed by atoms with Gasteiger partial charge in [-0.2, -0.15) is 0 Å². The quantitative estimate of drug-likeness (QED) is 0.653. The standard InChI is InChI=1S/C25H32N4O2/c1-15(2)13-20-19(14-26)22(18-10-8-16(3)9-11-18)23(17(4)27-20)29-24(30)21-7-5-6-12-28(21)25(29)31/h8-11,15,30H,5-7,12-14,26H2,1-4H3. The third-order valence-corrected chi connectivity index (χ3v) is 6.17. The van der Waals surface area contributed by atoms with Gasteiger partial charge < -0.3 is 10.8 Å². The van der Waals surface area contributed by atoms with Gasteiger partial charge >= 0.3 is 5.69 Å². The van der Waals surface area contributed by atoms with Gasteiger partial charge in [0, 0.05) is 24.3 Å². The van der Waals surface area contributed by atoms with Crippen LogP contribution < -0.4 is 11.4 Å². The number of aromatic hydroxyl groups is 1. The Morgan fingerprint density at radius 2 is 1.87 bits per heavy atom. The van der Waals surface area contributed by atoms with E-state index in [0.29, 0.717) is 36.8 Å². The molecule has 0 saturated heterocycles. The van der Waals surface area contributed by atoms with Crippen LogP contribution >= 0.6 is 0 Å². The number of imidazole rings is 1. The molecule has 164 valence electrons. The summed E-state index contributed by atoms with van der Waals surface area (Å²) in [7, 11) is 0. The lowest BCUT2D eigenvalue weighted by Gasteiger charge is -2.21. The van der Waals surface area contributed by atoms with Crippen LogP contribution in [-0.2, 0) is 25.9 Å². The average Bonchev–Trinajstić information content (AvgIpc) is 2.99. The maximum absolute atomic E-state index is 13.4. The predicted molar refractivity (Wildman–Crippen MR) is 124 cm³/mol. The summed E-state index contributed by atoms with van der Waals surface area (Å²) < 4.78 is 3.16. The Balaban J connectivity index is 2.09. The van der Waals surface area contributed by atoms with Gasteiger partial charge in [0.05, 0.1) is 17.1 Å². The average molecular weight is 421 g/mol. The minimum atomic E-state index is -0.204. The van der Waals surface area contributed by atoms with Crippen LogP contribution in [0.2, 0.25) is 0 Å².